The monoisotopic (exact) mass is 441 g/mol. The average Bonchev–Trinajstić information content (AvgIpc) is 3.09. The first-order valence-corrected chi connectivity index (χ1v) is 9.16. The summed E-state index contributed by atoms with van der Waals surface area (Å²) >= 11 is 6.05. The van der Waals surface area contributed by atoms with Crippen LogP contribution >= 0.6 is 11.6 Å². The van der Waals surface area contributed by atoms with Gasteiger partial charge in [0.1, 0.15) is 6.67 Å². The van der Waals surface area contributed by atoms with Gasteiger partial charge in [-0.15, -0.1) is 0 Å². The fraction of sp³-hybridized carbons (Fsp3) is 0.263. The average molecular weight is 442 g/mol. The molecule has 0 unspecified atom stereocenters. The Morgan fingerprint density at radius 3 is 2.57 bits per heavy atom. The number of hydrogen-bond acceptors (Lipinski definition) is 4. The number of nitro benzene ring substituents is 1. The number of amides is 2. The first-order valence-electron chi connectivity index (χ1n) is 8.79. The molecule has 1 heterocycles. The van der Waals surface area contributed by atoms with Crippen LogP contribution in [-0.2, 0) is 11.0 Å². The lowest BCUT2D eigenvalue weighted by Crippen LogP contribution is -2.42. The molecule has 0 radical (unpaired) electrons. The van der Waals surface area contributed by atoms with Gasteiger partial charge in [0, 0.05) is 30.8 Å². The molecule has 3 rings (SSSR count). The number of alkyl halides is 3. The van der Waals surface area contributed by atoms with Crippen LogP contribution in [0.3, 0.4) is 0 Å². The zero-order chi connectivity index (χ0) is 22.1. The number of nitro groups is 1. The Labute approximate surface area is 173 Å². The Morgan fingerprint density at radius 2 is 1.97 bits per heavy atom. The molecule has 30 heavy (non-hydrogen) atoms. The van der Waals surface area contributed by atoms with Crippen molar-refractivity contribution >= 4 is 34.8 Å². The van der Waals surface area contributed by atoms with Crippen LogP contribution in [0.2, 0.25) is 5.02 Å². The Kier molecular flexibility index (Phi) is 5.97. The molecule has 0 bridgehead atoms. The first-order chi connectivity index (χ1) is 14.1. The minimum absolute atomic E-state index is 0.102. The second-order valence-corrected chi connectivity index (χ2v) is 7.01. The number of anilines is 1. The van der Waals surface area contributed by atoms with Crippen LogP contribution in [0, 0.1) is 10.1 Å². The lowest BCUT2D eigenvalue weighted by atomic mass is 10.1. The molecule has 1 aliphatic rings. The van der Waals surface area contributed by atoms with E-state index in [2.05, 4.69) is 0 Å². The van der Waals surface area contributed by atoms with E-state index in [1.54, 1.807) is 0 Å². The third-order valence-corrected chi connectivity index (χ3v) is 4.93. The number of non-ortho nitro benzene ring substituents is 1. The SMILES string of the molecule is O=C1CCCN1CN(C(=O)c1cc([N+](=O)[O-])ccc1Cl)c1cccc(C(F)(F)F)c1. The van der Waals surface area contributed by atoms with Crippen molar-refractivity contribution in [2.24, 2.45) is 0 Å². The molecule has 7 nitrogen and oxygen atoms in total. The van der Waals surface area contributed by atoms with Crippen LogP contribution in [0.1, 0.15) is 28.8 Å². The van der Waals surface area contributed by atoms with Crippen LogP contribution in [0.15, 0.2) is 42.5 Å². The molecule has 0 aliphatic carbocycles. The summed E-state index contributed by atoms with van der Waals surface area (Å²) in [6.07, 6.45) is -3.82. The van der Waals surface area contributed by atoms with Gasteiger partial charge in [-0.05, 0) is 30.7 Å². The summed E-state index contributed by atoms with van der Waals surface area (Å²) in [6, 6.07) is 7.29. The third-order valence-electron chi connectivity index (χ3n) is 4.60. The van der Waals surface area contributed by atoms with Gasteiger partial charge in [0.2, 0.25) is 5.91 Å². The smallest absolute Gasteiger partial charge is 0.324 e. The molecule has 1 fully saturated rings. The Balaban J connectivity index is 2.06. The molecule has 2 aromatic rings. The molecule has 0 atom stereocenters. The number of likely N-dealkylation sites (tertiary alicyclic amines) is 1. The van der Waals surface area contributed by atoms with Crippen LogP contribution in [0.25, 0.3) is 0 Å². The van der Waals surface area contributed by atoms with Gasteiger partial charge in [-0.2, -0.15) is 13.2 Å². The van der Waals surface area contributed by atoms with Gasteiger partial charge < -0.3 is 4.90 Å². The van der Waals surface area contributed by atoms with Crippen molar-refractivity contribution in [3.63, 3.8) is 0 Å². The van der Waals surface area contributed by atoms with Crippen LogP contribution in [0.4, 0.5) is 24.5 Å². The summed E-state index contributed by atoms with van der Waals surface area (Å²) < 4.78 is 39.5. The molecular weight excluding hydrogens is 427 g/mol. The molecule has 158 valence electrons. The summed E-state index contributed by atoms with van der Waals surface area (Å²) in [7, 11) is 0. The molecule has 1 aliphatic heterocycles. The van der Waals surface area contributed by atoms with E-state index in [0.29, 0.717) is 13.0 Å². The number of halogens is 4. The first kappa shape index (κ1) is 21.6. The van der Waals surface area contributed by atoms with Gasteiger partial charge in [-0.1, -0.05) is 17.7 Å². The molecule has 0 saturated carbocycles. The number of carbonyl (C=O) groups is 2. The molecular formula is C19H15ClF3N3O4. The number of rotatable bonds is 5. The van der Waals surface area contributed by atoms with E-state index in [9.17, 15) is 32.9 Å². The van der Waals surface area contributed by atoms with Crippen molar-refractivity contribution in [1.29, 1.82) is 0 Å². The second kappa shape index (κ2) is 8.31. The largest absolute Gasteiger partial charge is 0.416 e. The maximum Gasteiger partial charge on any atom is 0.416 e. The van der Waals surface area contributed by atoms with Gasteiger partial charge in [0.25, 0.3) is 11.6 Å². The van der Waals surface area contributed by atoms with E-state index in [4.69, 9.17) is 11.6 Å². The zero-order valence-corrected chi connectivity index (χ0v) is 16.1. The van der Waals surface area contributed by atoms with Crippen molar-refractivity contribution in [3.05, 3.63) is 68.7 Å². The highest BCUT2D eigenvalue weighted by Crippen LogP contribution is 2.33. The quantitative estimate of drug-likeness (QED) is 0.505. The van der Waals surface area contributed by atoms with Gasteiger partial charge >= 0.3 is 6.18 Å². The third kappa shape index (κ3) is 4.54. The summed E-state index contributed by atoms with van der Waals surface area (Å²) in [5.41, 5.74) is -1.74. The van der Waals surface area contributed by atoms with Crippen LogP contribution in [-0.4, -0.2) is 34.9 Å². The molecule has 2 aromatic carbocycles. The van der Waals surface area contributed by atoms with Crippen molar-refractivity contribution in [1.82, 2.24) is 4.90 Å². The van der Waals surface area contributed by atoms with Gasteiger partial charge in [0.15, 0.2) is 0 Å². The van der Waals surface area contributed by atoms with E-state index in [1.807, 2.05) is 0 Å². The van der Waals surface area contributed by atoms with E-state index in [-0.39, 0.29) is 35.3 Å². The topological polar surface area (TPSA) is 83.8 Å². The van der Waals surface area contributed by atoms with Crippen molar-refractivity contribution in [2.45, 2.75) is 19.0 Å². The molecule has 1 saturated heterocycles. The minimum Gasteiger partial charge on any atom is -0.324 e. The lowest BCUT2D eigenvalue weighted by Gasteiger charge is -2.29. The predicted octanol–water partition coefficient (Wildman–Crippen LogP) is 4.49. The van der Waals surface area contributed by atoms with E-state index < -0.39 is 28.3 Å². The van der Waals surface area contributed by atoms with Crippen molar-refractivity contribution in [2.75, 3.05) is 18.1 Å². The highest BCUT2D eigenvalue weighted by atomic mass is 35.5. The molecule has 0 N–H and O–H groups in total. The summed E-state index contributed by atoms with van der Waals surface area (Å²) in [6.45, 7) is 0.0300. The summed E-state index contributed by atoms with van der Waals surface area (Å²) in [4.78, 5) is 37.9. The van der Waals surface area contributed by atoms with Crippen LogP contribution < -0.4 is 4.90 Å². The maximum absolute atomic E-state index is 13.2. The zero-order valence-electron chi connectivity index (χ0n) is 15.4. The van der Waals surface area contributed by atoms with Crippen LogP contribution in [0.5, 0.6) is 0 Å². The highest BCUT2D eigenvalue weighted by Gasteiger charge is 2.33. The number of nitrogens with zero attached hydrogens (tertiary/aromatic N) is 3. The van der Waals surface area contributed by atoms with Crippen molar-refractivity contribution in [3.8, 4) is 0 Å². The summed E-state index contributed by atoms with van der Waals surface area (Å²) in [5.74, 6) is -1.10. The fourth-order valence-corrected chi connectivity index (χ4v) is 3.27. The van der Waals surface area contributed by atoms with Gasteiger partial charge in [-0.3, -0.25) is 24.6 Å². The maximum atomic E-state index is 13.2. The van der Waals surface area contributed by atoms with Gasteiger partial charge in [-0.25, -0.2) is 0 Å². The Morgan fingerprint density at radius 1 is 1.23 bits per heavy atom. The molecule has 0 spiro atoms. The predicted molar refractivity (Wildman–Crippen MR) is 102 cm³/mol. The Bertz CT molecular complexity index is 1010. The molecule has 0 aromatic heterocycles. The number of benzene rings is 2. The lowest BCUT2D eigenvalue weighted by molar-refractivity contribution is -0.384. The molecule has 2 amide bonds. The second-order valence-electron chi connectivity index (χ2n) is 6.60. The van der Waals surface area contributed by atoms with E-state index in [1.165, 1.54) is 11.0 Å². The van der Waals surface area contributed by atoms with Crippen molar-refractivity contribution < 1.29 is 27.7 Å². The highest BCUT2D eigenvalue weighted by molar-refractivity contribution is 6.34. The minimum atomic E-state index is -4.64. The fourth-order valence-electron chi connectivity index (χ4n) is 3.07. The van der Waals surface area contributed by atoms with E-state index in [0.717, 1.165) is 41.3 Å². The number of hydrogen-bond donors (Lipinski definition) is 0. The normalized spacial score (nSPS) is 14.1. The standard InChI is InChI=1S/C19H15ClF3N3O4/c20-16-7-6-14(26(29)30)10-15(16)18(28)25(11-24-8-2-5-17(24)27)13-4-1-3-12(9-13)19(21,22)23/h1,3-4,6-7,9-10H,2,5,8,11H2. The summed E-state index contributed by atoms with van der Waals surface area (Å²) in [5, 5.41) is 11.0. The van der Waals surface area contributed by atoms with E-state index >= 15 is 0 Å². The van der Waals surface area contributed by atoms with Gasteiger partial charge in [0.05, 0.1) is 21.1 Å². The number of carbonyl (C=O) groups excluding carboxylic acids is 2. The molecule has 11 heteroatoms. The Hall–Kier alpha value is -3.14.